The Balaban J connectivity index is 1.68. The van der Waals surface area contributed by atoms with Gasteiger partial charge >= 0.3 is 0 Å². The SMILES string of the molecule is CN1CCCC(CNCc2cncnc2)C1. The van der Waals surface area contributed by atoms with E-state index in [2.05, 4.69) is 27.2 Å². The number of likely N-dealkylation sites (tertiary alicyclic amines) is 1. The maximum Gasteiger partial charge on any atom is 0.115 e. The monoisotopic (exact) mass is 220 g/mol. The Labute approximate surface area is 97.1 Å². The summed E-state index contributed by atoms with van der Waals surface area (Å²) >= 11 is 0. The van der Waals surface area contributed by atoms with E-state index in [9.17, 15) is 0 Å². The molecule has 2 rings (SSSR count). The summed E-state index contributed by atoms with van der Waals surface area (Å²) in [5.74, 6) is 0.795. The van der Waals surface area contributed by atoms with Gasteiger partial charge in [0.2, 0.25) is 0 Å². The Morgan fingerprint density at radius 2 is 2.25 bits per heavy atom. The lowest BCUT2D eigenvalue weighted by Crippen LogP contribution is -2.37. The van der Waals surface area contributed by atoms with Gasteiger partial charge in [-0.25, -0.2) is 9.97 Å². The highest BCUT2D eigenvalue weighted by atomic mass is 15.1. The summed E-state index contributed by atoms with van der Waals surface area (Å²) in [5, 5.41) is 3.49. The van der Waals surface area contributed by atoms with E-state index in [1.165, 1.54) is 25.9 Å². The van der Waals surface area contributed by atoms with E-state index in [0.717, 1.165) is 24.6 Å². The maximum atomic E-state index is 4.00. The third-order valence-corrected chi connectivity index (χ3v) is 3.10. The van der Waals surface area contributed by atoms with Gasteiger partial charge in [0.15, 0.2) is 0 Å². The second kappa shape index (κ2) is 5.92. The highest BCUT2D eigenvalue weighted by molar-refractivity contribution is 5.01. The molecule has 0 saturated carbocycles. The van der Waals surface area contributed by atoms with Gasteiger partial charge in [0, 0.05) is 31.0 Å². The van der Waals surface area contributed by atoms with Crippen molar-refractivity contribution in [3.63, 3.8) is 0 Å². The minimum absolute atomic E-state index is 0.795. The van der Waals surface area contributed by atoms with Crippen LogP contribution >= 0.6 is 0 Å². The van der Waals surface area contributed by atoms with Gasteiger partial charge in [-0.2, -0.15) is 0 Å². The third-order valence-electron chi connectivity index (χ3n) is 3.10. The van der Waals surface area contributed by atoms with Crippen LogP contribution < -0.4 is 5.32 Å². The molecule has 4 nitrogen and oxygen atoms in total. The first-order valence-corrected chi connectivity index (χ1v) is 5.98. The summed E-state index contributed by atoms with van der Waals surface area (Å²) in [4.78, 5) is 10.4. The molecular formula is C12H20N4. The van der Waals surface area contributed by atoms with Gasteiger partial charge in [0.1, 0.15) is 6.33 Å². The van der Waals surface area contributed by atoms with E-state index in [0.29, 0.717) is 0 Å². The molecule has 1 atom stereocenters. The molecule has 2 heterocycles. The molecule has 0 radical (unpaired) electrons. The van der Waals surface area contributed by atoms with E-state index >= 15 is 0 Å². The van der Waals surface area contributed by atoms with Crippen LogP contribution in [0.25, 0.3) is 0 Å². The molecule has 0 aromatic carbocycles. The molecule has 4 heteroatoms. The second-order valence-corrected chi connectivity index (χ2v) is 4.65. The predicted octanol–water partition coefficient (Wildman–Crippen LogP) is 0.908. The zero-order valence-corrected chi connectivity index (χ0v) is 9.89. The Morgan fingerprint density at radius 1 is 1.44 bits per heavy atom. The Hall–Kier alpha value is -1.00. The first-order chi connectivity index (χ1) is 7.84. The molecule has 1 aliphatic rings. The smallest absolute Gasteiger partial charge is 0.115 e. The van der Waals surface area contributed by atoms with Gasteiger partial charge in [-0.1, -0.05) is 0 Å². The molecule has 1 aliphatic heterocycles. The van der Waals surface area contributed by atoms with Crippen molar-refractivity contribution < 1.29 is 0 Å². The van der Waals surface area contributed by atoms with Crippen molar-refractivity contribution in [1.82, 2.24) is 20.2 Å². The maximum absolute atomic E-state index is 4.00. The standard InChI is InChI=1S/C12H20N4/c1-16-4-2-3-11(9-16)5-13-6-12-7-14-10-15-8-12/h7-8,10-11,13H,2-6,9H2,1H3. The summed E-state index contributed by atoms with van der Waals surface area (Å²) in [5.41, 5.74) is 1.16. The van der Waals surface area contributed by atoms with E-state index in [1.807, 2.05) is 12.4 Å². The fourth-order valence-electron chi connectivity index (χ4n) is 2.28. The fourth-order valence-corrected chi connectivity index (χ4v) is 2.28. The van der Waals surface area contributed by atoms with E-state index in [1.54, 1.807) is 6.33 Å². The molecule has 1 unspecified atom stereocenters. The van der Waals surface area contributed by atoms with Crippen LogP contribution in [0.5, 0.6) is 0 Å². The van der Waals surface area contributed by atoms with Crippen molar-refractivity contribution in [2.45, 2.75) is 19.4 Å². The summed E-state index contributed by atoms with van der Waals surface area (Å²) in [6.45, 7) is 4.45. The quantitative estimate of drug-likeness (QED) is 0.819. The first-order valence-electron chi connectivity index (χ1n) is 5.98. The van der Waals surface area contributed by atoms with E-state index < -0.39 is 0 Å². The van der Waals surface area contributed by atoms with E-state index in [4.69, 9.17) is 0 Å². The van der Waals surface area contributed by atoms with Gasteiger partial charge in [-0.05, 0) is 38.9 Å². The first kappa shape index (κ1) is 11.5. The fraction of sp³-hybridized carbons (Fsp3) is 0.667. The van der Waals surface area contributed by atoms with E-state index in [-0.39, 0.29) is 0 Å². The number of nitrogens with zero attached hydrogens (tertiary/aromatic N) is 3. The highest BCUT2D eigenvalue weighted by Gasteiger charge is 2.16. The lowest BCUT2D eigenvalue weighted by Gasteiger charge is -2.29. The molecule has 1 aromatic rings. The van der Waals surface area contributed by atoms with Crippen LogP contribution in [-0.2, 0) is 6.54 Å². The molecular weight excluding hydrogens is 200 g/mol. The molecule has 0 bridgehead atoms. The number of aromatic nitrogens is 2. The molecule has 1 fully saturated rings. The van der Waals surface area contributed by atoms with Crippen molar-refractivity contribution in [3.05, 3.63) is 24.3 Å². The van der Waals surface area contributed by atoms with Crippen LogP contribution in [0.4, 0.5) is 0 Å². The molecule has 88 valence electrons. The molecule has 1 N–H and O–H groups in total. The highest BCUT2D eigenvalue weighted by Crippen LogP contribution is 2.13. The largest absolute Gasteiger partial charge is 0.312 e. The predicted molar refractivity (Wildman–Crippen MR) is 64.0 cm³/mol. The van der Waals surface area contributed by atoms with Crippen molar-refractivity contribution >= 4 is 0 Å². The molecule has 1 aromatic heterocycles. The van der Waals surface area contributed by atoms with Crippen LogP contribution in [0.15, 0.2) is 18.7 Å². The second-order valence-electron chi connectivity index (χ2n) is 4.65. The lowest BCUT2D eigenvalue weighted by molar-refractivity contribution is 0.206. The van der Waals surface area contributed by atoms with Crippen molar-refractivity contribution in [1.29, 1.82) is 0 Å². The lowest BCUT2D eigenvalue weighted by atomic mass is 9.98. The van der Waals surface area contributed by atoms with Crippen LogP contribution in [-0.4, -0.2) is 41.5 Å². The topological polar surface area (TPSA) is 41.0 Å². The number of nitrogens with one attached hydrogen (secondary N) is 1. The summed E-state index contributed by atoms with van der Waals surface area (Å²) in [6.07, 6.45) is 7.99. The Bertz CT molecular complexity index is 301. The molecule has 0 aliphatic carbocycles. The minimum Gasteiger partial charge on any atom is -0.312 e. The van der Waals surface area contributed by atoms with Crippen LogP contribution in [0.1, 0.15) is 18.4 Å². The summed E-state index contributed by atoms with van der Waals surface area (Å²) in [6, 6.07) is 0. The van der Waals surface area contributed by atoms with Crippen molar-refractivity contribution in [2.75, 3.05) is 26.7 Å². The van der Waals surface area contributed by atoms with Crippen LogP contribution in [0.2, 0.25) is 0 Å². The van der Waals surface area contributed by atoms with Crippen molar-refractivity contribution in [3.8, 4) is 0 Å². The number of rotatable bonds is 4. The van der Waals surface area contributed by atoms with Gasteiger partial charge in [-0.3, -0.25) is 0 Å². The van der Waals surface area contributed by atoms with Gasteiger partial charge in [-0.15, -0.1) is 0 Å². The third kappa shape index (κ3) is 3.54. The zero-order chi connectivity index (χ0) is 11.2. The van der Waals surface area contributed by atoms with Gasteiger partial charge < -0.3 is 10.2 Å². The summed E-state index contributed by atoms with van der Waals surface area (Å²) < 4.78 is 0. The average molecular weight is 220 g/mol. The summed E-state index contributed by atoms with van der Waals surface area (Å²) in [7, 11) is 2.21. The number of piperidine rings is 1. The Kier molecular flexibility index (Phi) is 4.25. The number of hydrogen-bond donors (Lipinski definition) is 1. The van der Waals surface area contributed by atoms with Gasteiger partial charge in [0.25, 0.3) is 0 Å². The number of hydrogen-bond acceptors (Lipinski definition) is 4. The molecule has 1 saturated heterocycles. The zero-order valence-electron chi connectivity index (χ0n) is 9.89. The average Bonchev–Trinajstić information content (AvgIpc) is 2.30. The van der Waals surface area contributed by atoms with Crippen LogP contribution in [0.3, 0.4) is 0 Å². The minimum atomic E-state index is 0.795. The molecule has 16 heavy (non-hydrogen) atoms. The van der Waals surface area contributed by atoms with Gasteiger partial charge in [0.05, 0.1) is 0 Å². The Morgan fingerprint density at radius 3 is 3.00 bits per heavy atom. The molecule has 0 spiro atoms. The van der Waals surface area contributed by atoms with Crippen molar-refractivity contribution in [2.24, 2.45) is 5.92 Å². The molecule has 0 amide bonds. The van der Waals surface area contributed by atoms with Crippen LogP contribution in [0, 0.1) is 5.92 Å². The normalized spacial score (nSPS) is 22.2.